The smallest absolute Gasteiger partial charge is 0.240 e. The van der Waals surface area contributed by atoms with Crippen LogP contribution in [0.5, 0.6) is 0 Å². The van der Waals surface area contributed by atoms with Crippen molar-refractivity contribution >= 4 is 5.91 Å². The Morgan fingerprint density at radius 2 is 2.20 bits per heavy atom. The summed E-state index contributed by atoms with van der Waals surface area (Å²) in [5.74, 6) is 0.156. The zero-order valence-electron chi connectivity index (χ0n) is 9.44. The van der Waals surface area contributed by atoms with Crippen molar-refractivity contribution in [1.29, 1.82) is 5.26 Å². The van der Waals surface area contributed by atoms with Gasteiger partial charge in [0.1, 0.15) is 0 Å². The van der Waals surface area contributed by atoms with Crippen molar-refractivity contribution in [2.24, 2.45) is 11.7 Å². The monoisotopic (exact) mass is 209 g/mol. The zero-order valence-corrected chi connectivity index (χ0v) is 9.44. The summed E-state index contributed by atoms with van der Waals surface area (Å²) in [4.78, 5) is 13.7. The maximum Gasteiger partial charge on any atom is 0.240 e. The normalized spacial score (nSPS) is 17.3. The molecule has 0 radical (unpaired) electrons. The molecule has 0 heterocycles. The van der Waals surface area contributed by atoms with Gasteiger partial charge in [-0.3, -0.25) is 4.79 Å². The van der Waals surface area contributed by atoms with Crippen molar-refractivity contribution in [1.82, 2.24) is 4.90 Å². The Balaban J connectivity index is 2.55. The standard InChI is InChI=1S/C11H19N3O/c1-8(2)10(13)11(15)14(7-3-6-12)9-4-5-9/h8-10H,3-5,7,13H2,1-2H3. The van der Waals surface area contributed by atoms with Gasteiger partial charge in [-0.25, -0.2) is 0 Å². The van der Waals surface area contributed by atoms with Crippen molar-refractivity contribution in [2.45, 2.75) is 45.2 Å². The fourth-order valence-electron chi connectivity index (χ4n) is 1.51. The molecular formula is C11H19N3O. The van der Waals surface area contributed by atoms with Gasteiger partial charge in [-0.15, -0.1) is 0 Å². The quantitative estimate of drug-likeness (QED) is 0.730. The third-order valence-electron chi connectivity index (χ3n) is 2.74. The van der Waals surface area contributed by atoms with Gasteiger partial charge in [-0.1, -0.05) is 13.8 Å². The molecule has 0 bridgehead atoms. The fourth-order valence-corrected chi connectivity index (χ4v) is 1.51. The minimum Gasteiger partial charge on any atom is -0.337 e. The summed E-state index contributed by atoms with van der Waals surface area (Å²) in [5.41, 5.74) is 5.82. The number of amides is 1. The number of nitriles is 1. The molecule has 4 nitrogen and oxygen atoms in total. The Bertz CT molecular complexity index is 265. The predicted octanol–water partition coefficient (Wildman–Crippen LogP) is 0.874. The number of hydrogen-bond acceptors (Lipinski definition) is 3. The molecule has 0 spiro atoms. The second kappa shape index (κ2) is 5.13. The Hall–Kier alpha value is -1.08. The van der Waals surface area contributed by atoms with Gasteiger partial charge >= 0.3 is 0 Å². The van der Waals surface area contributed by atoms with Crippen molar-refractivity contribution in [3.8, 4) is 6.07 Å². The van der Waals surface area contributed by atoms with Crippen LogP contribution in [0.25, 0.3) is 0 Å². The molecule has 15 heavy (non-hydrogen) atoms. The highest BCUT2D eigenvalue weighted by molar-refractivity contribution is 5.82. The Labute approximate surface area is 91.0 Å². The first-order chi connectivity index (χ1) is 7.07. The SMILES string of the molecule is CC(C)C(N)C(=O)N(CCC#N)C1CC1. The van der Waals surface area contributed by atoms with E-state index in [2.05, 4.69) is 6.07 Å². The Morgan fingerprint density at radius 3 is 2.60 bits per heavy atom. The summed E-state index contributed by atoms with van der Waals surface area (Å²) in [6.45, 7) is 4.41. The highest BCUT2D eigenvalue weighted by atomic mass is 16.2. The van der Waals surface area contributed by atoms with Crippen molar-refractivity contribution < 1.29 is 4.79 Å². The molecule has 1 aliphatic carbocycles. The summed E-state index contributed by atoms with van der Waals surface area (Å²) in [6, 6.07) is 1.99. The highest BCUT2D eigenvalue weighted by Gasteiger charge is 2.34. The van der Waals surface area contributed by atoms with Gasteiger partial charge < -0.3 is 10.6 Å². The van der Waals surface area contributed by atoms with Crippen LogP contribution < -0.4 is 5.73 Å². The van der Waals surface area contributed by atoms with Gasteiger partial charge in [0, 0.05) is 12.6 Å². The number of nitrogens with two attached hydrogens (primary N) is 1. The summed E-state index contributed by atoms with van der Waals surface area (Å²) in [7, 11) is 0. The third kappa shape index (κ3) is 3.21. The predicted molar refractivity (Wildman–Crippen MR) is 57.8 cm³/mol. The lowest BCUT2D eigenvalue weighted by atomic mass is 10.0. The fraction of sp³-hybridized carbons (Fsp3) is 0.818. The van der Waals surface area contributed by atoms with E-state index in [0.29, 0.717) is 19.0 Å². The third-order valence-corrected chi connectivity index (χ3v) is 2.74. The van der Waals surface area contributed by atoms with Crippen LogP contribution in [-0.2, 0) is 4.79 Å². The lowest BCUT2D eigenvalue weighted by Crippen LogP contribution is -2.47. The zero-order chi connectivity index (χ0) is 11.4. The lowest BCUT2D eigenvalue weighted by molar-refractivity contribution is -0.134. The molecule has 0 saturated heterocycles. The van der Waals surface area contributed by atoms with Crippen LogP contribution in [0.4, 0.5) is 0 Å². The molecule has 84 valence electrons. The van der Waals surface area contributed by atoms with E-state index in [4.69, 9.17) is 11.0 Å². The van der Waals surface area contributed by atoms with E-state index in [1.165, 1.54) is 0 Å². The van der Waals surface area contributed by atoms with Crippen LogP contribution in [-0.4, -0.2) is 29.4 Å². The van der Waals surface area contributed by atoms with Gasteiger partial charge in [0.05, 0.1) is 18.5 Å². The number of carbonyl (C=O) groups excluding carboxylic acids is 1. The van der Waals surface area contributed by atoms with E-state index in [-0.39, 0.29) is 11.8 Å². The largest absolute Gasteiger partial charge is 0.337 e. The van der Waals surface area contributed by atoms with E-state index in [9.17, 15) is 4.79 Å². The molecule has 0 aromatic heterocycles. The van der Waals surface area contributed by atoms with Crippen LogP contribution in [0.15, 0.2) is 0 Å². The van der Waals surface area contributed by atoms with Crippen LogP contribution in [0.2, 0.25) is 0 Å². The summed E-state index contributed by atoms with van der Waals surface area (Å²) in [5, 5.41) is 8.53. The molecule has 4 heteroatoms. The van der Waals surface area contributed by atoms with Crippen molar-refractivity contribution in [2.75, 3.05) is 6.54 Å². The van der Waals surface area contributed by atoms with E-state index < -0.39 is 6.04 Å². The minimum absolute atomic E-state index is 0.00255. The molecule has 1 aliphatic rings. The first kappa shape index (κ1) is 12.0. The van der Waals surface area contributed by atoms with Crippen LogP contribution in [0, 0.1) is 17.2 Å². The van der Waals surface area contributed by atoms with Crippen LogP contribution in [0.1, 0.15) is 33.1 Å². The van der Waals surface area contributed by atoms with Gasteiger partial charge in [-0.2, -0.15) is 5.26 Å². The summed E-state index contributed by atoms with van der Waals surface area (Å²) >= 11 is 0. The first-order valence-electron chi connectivity index (χ1n) is 5.51. The summed E-state index contributed by atoms with van der Waals surface area (Å²) in [6.07, 6.45) is 2.51. The molecule has 1 amide bonds. The van der Waals surface area contributed by atoms with E-state index in [1.54, 1.807) is 4.90 Å². The lowest BCUT2D eigenvalue weighted by Gasteiger charge is -2.26. The topological polar surface area (TPSA) is 70.1 Å². The first-order valence-corrected chi connectivity index (χ1v) is 5.51. The number of hydrogen-bond donors (Lipinski definition) is 1. The Morgan fingerprint density at radius 1 is 1.60 bits per heavy atom. The van der Waals surface area contributed by atoms with Gasteiger partial charge in [0.15, 0.2) is 0 Å². The van der Waals surface area contributed by atoms with E-state index in [1.807, 2.05) is 13.8 Å². The second-order valence-electron chi connectivity index (χ2n) is 4.44. The molecule has 1 saturated carbocycles. The molecule has 2 N–H and O–H groups in total. The Kier molecular flexibility index (Phi) is 4.10. The van der Waals surface area contributed by atoms with E-state index in [0.717, 1.165) is 12.8 Å². The average molecular weight is 209 g/mol. The number of carbonyl (C=O) groups is 1. The highest BCUT2D eigenvalue weighted by Crippen LogP contribution is 2.27. The average Bonchev–Trinajstić information content (AvgIpc) is 3.00. The van der Waals surface area contributed by atoms with Crippen molar-refractivity contribution in [3.63, 3.8) is 0 Å². The van der Waals surface area contributed by atoms with Gasteiger partial charge in [0.25, 0.3) is 0 Å². The number of nitrogens with zero attached hydrogens (tertiary/aromatic N) is 2. The van der Waals surface area contributed by atoms with Crippen molar-refractivity contribution in [3.05, 3.63) is 0 Å². The molecule has 0 aromatic rings. The molecule has 1 fully saturated rings. The summed E-state index contributed by atoms with van der Waals surface area (Å²) < 4.78 is 0. The molecule has 1 unspecified atom stereocenters. The number of rotatable bonds is 5. The van der Waals surface area contributed by atoms with Crippen LogP contribution in [0.3, 0.4) is 0 Å². The molecular weight excluding hydrogens is 190 g/mol. The maximum atomic E-state index is 12.0. The maximum absolute atomic E-state index is 12.0. The molecule has 1 rings (SSSR count). The second-order valence-corrected chi connectivity index (χ2v) is 4.44. The molecule has 0 aromatic carbocycles. The van der Waals surface area contributed by atoms with Gasteiger partial charge in [-0.05, 0) is 18.8 Å². The molecule has 0 aliphatic heterocycles. The van der Waals surface area contributed by atoms with Gasteiger partial charge in [0.2, 0.25) is 5.91 Å². The van der Waals surface area contributed by atoms with Crippen LogP contribution >= 0.6 is 0 Å². The molecule has 1 atom stereocenters. The van der Waals surface area contributed by atoms with E-state index >= 15 is 0 Å². The minimum atomic E-state index is -0.427.